The highest BCUT2D eigenvalue weighted by molar-refractivity contribution is 7.18. The van der Waals surface area contributed by atoms with Gasteiger partial charge in [0.25, 0.3) is 5.91 Å². The number of hydrogen-bond donors (Lipinski definition) is 2. The fourth-order valence-corrected chi connectivity index (χ4v) is 5.11. The van der Waals surface area contributed by atoms with Crippen LogP contribution in [-0.4, -0.2) is 38.7 Å². The third-order valence-electron chi connectivity index (χ3n) is 5.78. The van der Waals surface area contributed by atoms with Gasteiger partial charge in [0.2, 0.25) is 6.23 Å². The quantitative estimate of drug-likeness (QED) is 0.403. The van der Waals surface area contributed by atoms with Gasteiger partial charge in [0.05, 0.1) is 31.3 Å². The molecule has 1 aliphatic rings. The van der Waals surface area contributed by atoms with E-state index in [1.165, 1.54) is 14.2 Å². The molecule has 2 aromatic carbocycles. The van der Waals surface area contributed by atoms with Gasteiger partial charge in [-0.05, 0) is 50.1 Å². The number of amides is 1. The number of cyclic esters (lactones) is 1. The maximum absolute atomic E-state index is 13.2. The summed E-state index contributed by atoms with van der Waals surface area (Å²) in [5.41, 5.74) is 3.00. The van der Waals surface area contributed by atoms with E-state index < -0.39 is 18.2 Å². The second kappa shape index (κ2) is 10.3. The summed E-state index contributed by atoms with van der Waals surface area (Å²) >= 11 is 1.08. The molecular formula is C26H26N2O7S. The van der Waals surface area contributed by atoms with Crippen molar-refractivity contribution in [1.29, 1.82) is 0 Å². The van der Waals surface area contributed by atoms with Crippen molar-refractivity contribution in [3.05, 3.63) is 69.1 Å². The Labute approximate surface area is 212 Å². The predicted octanol–water partition coefficient (Wildman–Crippen LogP) is 5.09. The summed E-state index contributed by atoms with van der Waals surface area (Å²) in [4.78, 5) is 39.1. The monoisotopic (exact) mass is 510 g/mol. The second-order valence-corrected chi connectivity index (χ2v) is 8.97. The molecule has 4 rings (SSSR count). The molecule has 0 fully saturated rings. The highest BCUT2D eigenvalue weighted by atomic mass is 32.1. The van der Waals surface area contributed by atoms with Crippen LogP contribution in [0.2, 0.25) is 0 Å². The molecule has 0 bridgehead atoms. The van der Waals surface area contributed by atoms with Crippen LogP contribution in [0.3, 0.4) is 0 Å². The lowest BCUT2D eigenvalue weighted by Gasteiger charge is -2.15. The van der Waals surface area contributed by atoms with E-state index in [1.54, 1.807) is 32.0 Å². The molecule has 1 aromatic heterocycles. The smallest absolute Gasteiger partial charge is 0.344 e. The van der Waals surface area contributed by atoms with Crippen molar-refractivity contribution in [2.45, 2.75) is 27.0 Å². The Bertz CT molecular complexity index is 1350. The molecule has 188 valence electrons. The molecule has 0 saturated heterocycles. The highest BCUT2D eigenvalue weighted by Crippen LogP contribution is 2.44. The summed E-state index contributed by atoms with van der Waals surface area (Å²) in [6.45, 7) is 5.44. The van der Waals surface area contributed by atoms with Crippen LogP contribution < -0.4 is 20.1 Å². The molecule has 0 aliphatic carbocycles. The number of hydrogen-bond acceptors (Lipinski definition) is 9. The molecule has 9 nitrogen and oxygen atoms in total. The van der Waals surface area contributed by atoms with Crippen molar-refractivity contribution in [3.8, 4) is 11.5 Å². The number of carbonyl (C=O) groups is 3. The van der Waals surface area contributed by atoms with Crippen LogP contribution in [0.4, 0.5) is 10.7 Å². The third-order valence-corrected chi connectivity index (χ3v) is 7.00. The van der Waals surface area contributed by atoms with Crippen molar-refractivity contribution >= 4 is 39.9 Å². The summed E-state index contributed by atoms with van der Waals surface area (Å²) in [6, 6.07) is 10.8. The average Bonchev–Trinajstić information content (AvgIpc) is 3.36. The number of aryl methyl sites for hydroxylation is 1. The third kappa shape index (κ3) is 4.47. The van der Waals surface area contributed by atoms with Crippen molar-refractivity contribution in [2.75, 3.05) is 31.5 Å². The molecule has 0 saturated carbocycles. The van der Waals surface area contributed by atoms with E-state index in [-0.39, 0.29) is 29.4 Å². The number of para-hydroxylation sites is 1. The molecule has 1 aliphatic heterocycles. The zero-order valence-electron chi connectivity index (χ0n) is 20.5. The summed E-state index contributed by atoms with van der Waals surface area (Å²) in [5, 5.41) is 6.36. The Morgan fingerprint density at radius 2 is 1.83 bits per heavy atom. The molecule has 1 amide bonds. The average molecular weight is 511 g/mol. The van der Waals surface area contributed by atoms with Gasteiger partial charge in [0, 0.05) is 11.3 Å². The fraction of sp³-hybridized carbons (Fsp3) is 0.269. The van der Waals surface area contributed by atoms with Gasteiger partial charge in [0.15, 0.2) is 11.5 Å². The Balaban J connectivity index is 1.72. The zero-order chi connectivity index (χ0) is 26.0. The number of ether oxygens (including phenoxy) is 4. The lowest BCUT2D eigenvalue weighted by molar-refractivity contribution is 0.0435. The molecule has 2 N–H and O–H groups in total. The molecule has 3 aromatic rings. The number of benzene rings is 2. The number of rotatable bonds is 8. The van der Waals surface area contributed by atoms with Crippen molar-refractivity contribution in [1.82, 2.24) is 0 Å². The van der Waals surface area contributed by atoms with E-state index in [2.05, 4.69) is 10.6 Å². The van der Waals surface area contributed by atoms with E-state index in [4.69, 9.17) is 18.9 Å². The summed E-state index contributed by atoms with van der Waals surface area (Å²) in [5.74, 6) is -0.887. The van der Waals surface area contributed by atoms with E-state index in [1.807, 2.05) is 25.1 Å². The predicted molar refractivity (Wildman–Crippen MR) is 135 cm³/mol. The van der Waals surface area contributed by atoms with Crippen LogP contribution in [0.1, 0.15) is 60.2 Å². The van der Waals surface area contributed by atoms with E-state index in [0.29, 0.717) is 32.4 Å². The van der Waals surface area contributed by atoms with Crippen LogP contribution in [0, 0.1) is 13.8 Å². The normalized spacial score (nSPS) is 14.0. The van der Waals surface area contributed by atoms with Gasteiger partial charge in [-0.2, -0.15) is 0 Å². The Morgan fingerprint density at radius 1 is 1.08 bits per heavy atom. The van der Waals surface area contributed by atoms with Crippen LogP contribution >= 0.6 is 11.3 Å². The number of thiophene rings is 1. The first kappa shape index (κ1) is 25.1. The molecule has 1 unspecified atom stereocenters. The Kier molecular flexibility index (Phi) is 7.16. The summed E-state index contributed by atoms with van der Waals surface area (Å²) < 4.78 is 21.5. The Morgan fingerprint density at radius 3 is 2.50 bits per heavy atom. The minimum atomic E-state index is -0.911. The fourth-order valence-electron chi connectivity index (χ4n) is 4.00. The van der Waals surface area contributed by atoms with Gasteiger partial charge in [-0.15, -0.1) is 11.3 Å². The van der Waals surface area contributed by atoms with E-state index in [9.17, 15) is 14.4 Å². The first-order valence-electron chi connectivity index (χ1n) is 11.2. The first-order valence-corrected chi connectivity index (χ1v) is 12.0. The summed E-state index contributed by atoms with van der Waals surface area (Å²) in [7, 11) is 2.91. The topological polar surface area (TPSA) is 112 Å². The molecular weight excluding hydrogens is 484 g/mol. The minimum absolute atomic E-state index is 0.163. The van der Waals surface area contributed by atoms with Gasteiger partial charge in [-0.3, -0.25) is 4.79 Å². The molecule has 2 heterocycles. The molecule has 0 spiro atoms. The minimum Gasteiger partial charge on any atom is -0.493 e. The van der Waals surface area contributed by atoms with E-state index >= 15 is 0 Å². The van der Waals surface area contributed by atoms with Crippen molar-refractivity contribution < 1.29 is 33.3 Å². The zero-order valence-corrected chi connectivity index (χ0v) is 21.3. The maximum atomic E-state index is 13.2. The molecule has 1 atom stereocenters. The number of anilines is 2. The van der Waals surface area contributed by atoms with Gasteiger partial charge >= 0.3 is 11.9 Å². The summed E-state index contributed by atoms with van der Waals surface area (Å²) in [6.07, 6.45) is -0.911. The molecule has 36 heavy (non-hydrogen) atoms. The molecule has 10 heteroatoms. The number of nitrogens with one attached hydrogen (secondary N) is 2. The Hall–Kier alpha value is -4.05. The van der Waals surface area contributed by atoms with Gasteiger partial charge in [-0.25, -0.2) is 9.59 Å². The first-order chi connectivity index (χ1) is 17.3. The van der Waals surface area contributed by atoms with Crippen LogP contribution in [0.5, 0.6) is 11.5 Å². The maximum Gasteiger partial charge on any atom is 0.344 e. The lowest BCUT2D eigenvalue weighted by atomic mass is 10.1. The second-order valence-electron chi connectivity index (χ2n) is 7.94. The van der Waals surface area contributed by atoms with E-state index in [0.717, 1.165) is 16.9 Å². The lowest BCUT2D eigenvalue weighted by Crippen LogP contribution is -2.14. The standard InChI is InChI=1S/C26H26N2O7S/c1-6-34-25(30)18-14(3)21(22(29)27-16-10-8-7-9-13(16)2)36-24(18)28-23-15-11-12-17(32-4)20(33-5)19(15)26(31)35-23/h7-12,23,28H,6H2,1-5H3,(H,27,29). The van der Waals surface area contributed by atoms with Crippen molar-refractivity contribution in [3.63, 3.8) is 0 Å². The number of carbonyl (C=O) groups excluding carboxylic acids is 3. The SMILES string of the molecule is CCOC(=O)c1c(NC2OC(=O)c3c2ccc(OC)c3OC)sc(C(=O)Nc2ccccc2C)c1C. The van der Waals surface area contributed by atoms with Crippen LogP contribution in [0.15, 0.2) is 36.4 Å². The van der Waals surface area contributed by atoms with Crippen molar-refractivity contribution in [2.24, 2.45) is 0 Å². The van der Waals surface area contributed by atoms with Gasteiger partial charge < -0.3 is 29.6 Å². The highest BCUT2D eigenvalue weighted by Gasteiger charge is 2.37. The number of esters is 2. The number of fused-ring (bicyclic) bond motifs is 1. The largest absolute Gasteiger partial charge is 0.493 e. The van der Waals surface area contributed by atoms with Gasteiger partial charge in [-0.1, -0.05) is 18.2 Å². The van der Waals surface area contributed by atoms with Crippen LogP contribution in [-0.2, 0) is 9.47 Å². The van der Waals surface area contributed by atoms with Crippen LogP contribution in [0.25, 0.3) is 0 Å². The van der Waals surface area contributed by atoms with Gasteiger partial charge in [0.1, 0.15) is 10.6 Å². The molecule has 0 radical (unpaired) electrons. The number of methoxy groups -OCH3 is 2.